The molecule has 1 N–H and O–H groups in total. The number of nitrogens with one attached hydrogen (secondary N) is 1. The zero-order valence-corrected chi connectivity index (χ0v) is 11.4. The molecule has 1 aliphatic carbocycles. The monoisotopic (exact) mass is 278 g/mol. The number of amides is 1. The Morgan fingerprint density at radius 2 is 2.05 bits per heavy atom. The van der Waals surface area contributed by atoms with E-state index in [0.717, 1.165) is 25.7 Å². The lowest BCUT2D eigenvalue weighted by molar-refractivity contribution is -0.385. The van der Waals surface area contributed by atoms with Crippen molar-refractivity contribution in [2.45, 2.75) is 38.1 Å². The van der Waals surface area contributed by atoms with E-state index >= 15 is 0 Å². The predicted octanol–water partition coefficient (Wildman–Crippen LogP) is 2.67. The number of hydrogen-bond acceptors (Lipinski definition) is 4. The van der Waals surface area contributed by atoms with Crippen LogP contribution in [0, 0.1) is 10.1 Å². The Bertz CT molecular complexity index is 510. The largest absolute Gasteiger partial charge is 0.490 e. The Labute approximate surface area is 117 Å². The molecule has 6 nitrogen and oxygen atoms in total. The van der Waals surface area contributed by atoms with Gasteiger partial charge in [0.15, 0.2) is 5.75 Å². The summed E-state index contributed by atoms with van der Waals surface area (Å²) in [6, 6.07) is 4.44. The average Bonchev–Trinajstić information content (AvgIpc) is 2.47. The minimum absolute atomic E-state index is 0.157. The van der Waals surface area contributed by atoms with Crippen LogP contribution < -0.4 is 10.1 Å². The van der Waals surface area contributed by atoms with Crippen molar-refractivity contribution in [3.05, 3.63) is 33.9 Å². The first-order chi connectivity index (χ1) is 9.61. The van der Waals surface area contributed by atoms with E-state index in [1.54, 1.807) is 6.07 Å². The summed E-state index contributed by atoms with van der Waals surface area (Å²) in [6.45, 7) is 0. The first-order valence-corrected chi connectivity index (χ1v) is 6.75. The van der Waals surface area contributed by atoms with Crippen LogP contribution in [-0.4, -0.2) is 24.0 Å². The maximum Gasteiger partial charge on any atom is 0.311 e. The predicted molar refractivity (Wildman–Crippen MR) is 74.0 cm³/mol. The first-order valence-electron chi connectivity index (χ1n) is 6.75. The minimum Gasteiger partial charge on any atom is -0.490 e. The summed E-state index contributed by atoms with van der Waals surface area (Å²) in [5.74, 6) is -0.105. The average molecular weight is 278 g/mol. The van der Waals surface area contributed by atoms with E-state index in [1.165, 1.54) is 25.7 Å². The summed E-state index contributed by atoms with van der Waals surface area (Å²) in [4.78, 5) is 22.5. The van der Waals surface area contributed by atoms with Crippen LogP contribution in [0.25, 0.3) is 0 Å². The quantitative estimate of drug-likeness (QED) is 0.678. The highest BCUT2D eigenvalue weighted by atomic mass is 16.6. The molecule has 0 bridgehead atoms. The van der Waals surface area contributed by atoms with Gasteiger partial charge < -0.3 is 10.1 Å². The number of hydrogen-bond donors (Lipinski definition) is 1. The summed E-state index contributed by atoms with van der Waals surface area (Å²) in [5.41, 5.74) is 0.104. The molecule has 0 radical (unpaired) electrons. The molecule has 1 aliphatic rings. The molecule has 20 heavy (non-hydrogen) atoms. The number of nitro benzene ring substituents is 1. The molecular formula is C14H18N2O4. The van der Waals surface area contributed by atoms with Crippen molar-refractivity contribution in [1.29, 1.82) is 0 Å². The van der Waals surface area contributed by atoms with Crippen LogP contribution >= 0.6 is 0 Å². The number of benzene rings is 1. The van der Waals surface area contributed by atoms with Gasteiger partial charge >= 0.3 is 5.69 Å². The van der Waals surface area contributed by atoms with Gasteiger partial charge in [-0.2, -0.15) is 0 Å². The molecule has 1 aromatic rings. The molecule has 0 saturated heterocycles. The van der Waals surface area contributed by atoms with Crippen molar-refractivity contribution < 1.29 is 14.5 Å². The van der Waals surface area contributed by atoms with Gasteiger partial charge in [-0.1, -0.05) is 19.3 Å². The van der Waals surface area contributed by atoms with Crippen molar-refractivity contribution in [3.8, 4) is 5.75 Å². The van der Waals surface area contributed by atoms with E-state index in [0.29, 0.717) is 5.56 Å². The maximum absolute atomic E-state index is 12.1. The Hall–Kier alpha value is -2.11. The van der Waals surface area contributed by atoms with Gasteiger partial charge in [-0.25, -0.2) is 0 Å². The first kappa shape index (κ1) is 14.3. The van der Waals surface area contributed by atoms with E-state index in [-0.39, 0.29) is 23.4 Å². The Morgan fingerprint density at radius 3 is 2.65 bits per heavy atom. The number of rotatable bonds is 4. The van der Waals surface area contributed by atoms with Gasteiger partial charge in [0.1, 0.15) is 0 Å². The smallest absolute Gasteiger partial charge is 0.311 e. The maximum atomic E-state index is 12.1. The van der Waals surface area contributed by atoms with Crippen LogP contribution in [0.4, 0.5) is 5.69 Å². The van der Waals surface area contributed by atoms with Gasteiger partial charge in [0.2, 0.25) is 0 Å². The fourth-order valence-corrected chi connectivity index (χ4v) is 2.49. The van der Waals surface area contributed by atoms with Crippen LogP contribution in [-0.2, 0) is 0 Å². The molecule has 6 heteroatoms. The molecule has 1 aromatic carbocycles. The second-order valence-corrected chi connectivity index (χ2v) is 4.95. The molecule has 1 amide bonds. The van der Waals surface area contributed by atoms with E-state index in [4.69, 9.17) is 4.74 Å². The normalized spacial score (nSPS) is 15.7. The van der Waals surface area contributed by atoms with Gasteiger partial charge in [0.05, 0.1) is 12.0 Å². The lowest BCUT2D eigenvalue weighted by Gasteiger charge is -2.22. The molecule has 2 rings (SSSR count). The highest BCUT2D eigenvalue weighted by molar-refractivity contribution is 5.95. The Kier molecular flexibility index (Phi) is 4.55. The topological polar surface area (TPSA) is 81.5 Å². The van der Waals surface area contributed by atoms with Crippen molar-refractivity contribution in [3.63, 3.8) is 0 Å². The van der Waals surface area contributed by atoms with Crippen molar-refractivity contribution in [2.24, 2.45) is 0 Å². The third-order valence-electron chi connectivity index (χ3n) is 3.58. The molecular weight excluding hydrogens is 260 g/mol. The number of methoxy groups -OCH3 is 1. The SMILES string of the molecule is COc1ccc(C(=O)NC2CCCCC2)cc1[N+](=O)[O-]. The van der Waals surface area contributed by atoms with Gasteiger partial charge in [-0.05, 0) is 25.0 Å². The minimum atomic E-state index is -0.545. The standard InChI is InChI=1S/C14H18N2O4/c1-20-13-8-7-10(9-12(13)16(18)19)14(17)15-11-5-3-2-4-6-11/h7-9,11H,2-6H2,1H3,(H,15,17). The van der Waals surface area contributed by atoms with E-state index in [2.05, 4.69) is 5.32 Å². The molecule has 0 unspecified atom stereocenters. The Morgan fingerprint density at radius 1 is 1.35 bits per heavy atom. The molecule has 1 saturated carbocycles. The van der Waals surface area contributed by atoms with Crippen LogP contribution in [0.5, 0.6) is 5.75 Å². The van der Waals surface area contributed by atoms with Crippen molar-refractivity contribution in [1.82, 2.24) is 5.32 Å². The van der Waals surface area contributed by atoms with E-state index in [1.807, 2.05) is 0 Å². The third-order valence-corrected chi connectivity index (χ3v) is 3.58. The van der Waals surface area contributed by atoms with E-state index < -0.39 is 4.92 Å². The highest BCUT2D eigenvalue weighted by Gasteiger charge is 2.20. The number of nitrogens with zero attached hydrogens (tertiary/aromatic N) is 1. The lowest BCUT2D eigenvalue weighted by atomic mass is 9.95. The molecule has 1 fully saturated rings. The highest BCUT2D eigenvalue weighted by Crippen LogP contribution is 2.27. The van der Waals surface area contributed by atoms with Gasteiger partial charge in [0.25, 0.3) is 5.91 Å². The van der Waals surface area contributed by atoms with E-state index in [9.17, 15) is 14.9 Å². The summed E-state index contributed by atoms with van der Waals surface area (Å²) in [6.07, 6.45) is 5.40. The fourth-order valence-electron chi connectivity index (χ4n) is 2.49. The fraction of sp³-hybridized carbons (Fsp3) is 0.500. The summed E-state index contributed by atoms with van der Waals surface area (Å²) < 4.78 is 4.92. The van der Waals surface area contributed by atoms with Gasteiger partial charge in [-0.3, -0.25) is 14.9 Å². The third kappa shape index (κ3) is 3.26. The van der Waals surface area contributed by atoms with Crippen molar-refractivity contribution >= 4 is 11.6 Å². The van der Waals surface area contributed by atoms with Crippen LogP contribution in [0.2, 0.25) is 0 Å². The molecule has 0 heterocycles. The molecule has 0 aliphatic heterocycles. The molecule has 0 spiro atoms. The lowest BCUT2D eigenvalue weighted by Crippen LogP contribution is -2.36. The van der Waals surface area contributed by atoms with Gasteiger partial charge in [-0.15, -0.1) is 0 Å². The summed E-state index contributed by atoms with van der Waals surface area (Å²) in [7, 11) is 1.37. The summed E-state index contributed by atoms with van der Waals surface area (Å²) >= 11 is 0. The summed E-state index contributed by atoms with van der Waals surface area (Å²) in [5, 5.41) is 13.9. The molecule has 0 atom stereocenters. The number of carbonyl (C=O) groups excluding carboxylic acids is 1. The van der Waals surface area contributed by atoms with Crippen LogP contribution in [0.3, 0.4) is 0 Å². The number of ether oxygens (including phenoxy) is 1. The number of nitro groups is 1. The zero-order valence-electron chi connectivity index (χ0n) is 11.4. The van der Waals surface area contributed by atoms with Crippen LogP contribution in [0.15, 0.2) is 18.2 Å². The molecule has 0 aromatic heterocycles. The Balaban J connectivity index is 2.13. The molecule has 108 valence electrons. The van der Waals surface area contributed by atoms with Crippen LogP contribution in [0.1, 0.15) is 42.5 Å². The zero-order chi connectivity index (χ0) is 14.5. The van der Waals surface area contributed by atoms with Gasteiger partial charge in [0, 0.05) is 17.7 Å². The second kappa shape index (κ2) is 6.36. The van der Waals surface area contributed by atoms with Crippen molar-refractivity contribution in [2.75, 3.05) is 7.11 Å². The number of carbonyl (C=O) groups is 1. The second-order valence-electron chi connectivity index (χ2n) is 4.95.